The molecule has 24 heavy (non-hydrogen) atoms. The van der Waals surface area contributed by atoms with E-state index in [-0.39, 0.29) is 48.8 Å². The number of rotatable bonds is 1. The predicted octanol–water partition coefficient (Wildman–Crippen LogP) is 0.997. The molecule has 2 nitrogen and oxygen atoms in total. The molecule has 1 unspecified atom stereocenters. The van der Waals surface area contributed by atoms with Crippen molar-refractivity contribution in [3.05, 3.63) is 33.4 Å². The fourth-order valence-electron chi connectivity index (χ4n) is 2.33. The maximum atomic E-state index is 6.94. The van der Waals surface area contributed by atoms with Crippen molar-refractivity contribution in [3.8, 4) is 0 Å². The predicted molar refractivity (Wildman–Crippen MR) is 107 cm³/mol. The molecule has 0 bridgehead atoms. The first kappa shape index (κ1) is 32.5. The van der Waals surface area contributed by atoms with Crippen LogP contribution in [-0.2, 0) is 0 Å². The van der Waals surface area contributed by atoms with Gasteiger partial charge in [-0.25, -0.2) is 0 Å². The summed E-state index contributed by atoms with van der Waals surface area (Å²) in [4.78, 5) is 0. The Morgan fingerprint density at radius 2 is 1.00 bits per heavy atom. The maximum absolute atomic E-state index is 6.94. The molecule has 0 aromatic carbocycles. The summed E-state index contributed by atoms with van der Waals surface area (Å²) < 4.78 is 0. The molecule has 5 heteroatoms. The summed E-state index contributed by atoms with van der Waals surface area (Å²) >= 11 is 0. The van der Waals surface area contributed by atoms with Gasteiger partial charge < -0.3 is 11.5 Å². The molecule has 2 N–H and O–H groups in total. The SMILES string of the molecule is CC(C)(C)[NH-].CC(C)(C)[NH-].CC1=C(C)C(C)C([SiH](C)C)=C1C.[Li+].[Li+]. The molecular formula is C19H40Li2N2Si. The first-order valence-corrected chi connectivity index (χ1v) is 11.2. The molecule has 1 aliphatic carbocycles. The van der Waals surface area contributed by atoms with Gasteiger partial charge in [-0.1, -0.05) is 77.9 Å². The van der Waals surface area contributed by atoms with Crippen LogP contribution >= 0.6 is 0 Å². The minimum absolute atomic E-state index is 0. The van der Waals surface area contributed by atoms with E-state index in [4.69, 9.17) is 11.5 Å². The summed E-state index contributed by atoms with van der Waals surface area (Å²) in [6, 6.07) is 0. The quantitative estimate of drug-likeness (QED) is 0.641. The van der Waals surface area contributed by atoms with E-state index in [1.165, 1.54) is 0 Å². The van der Waals surface area contributed by atoms with Crippen molar-refractivity contribution >= 4 is 8.80 Å². The largest absolute Gasteiger partial charge is 1.00 e. The van der Waals surface area contributed by atoms with Crippen LogP contribution in [0.4, 0.5) is 0 Å². The van der Waals surface area contributed by atoms with Crippen LogP contribution in [0.2, 0.25) is 13.1 Å². The molecule has 0 radical (unpaired) electrons. The number of hydrogen-bond acceptors (Lipinski definition) is 0. The van der Waals surface area contributed by atoms with Gasteiger partial charge in [0, 0.05) is 0 Å². The van der Waals surface area contributed by atoms with Crippen molar-refractivity contribution in [2.24, 2.45) is 5.92 Å². The van der Waals surface area contributed by atoms with Crippen molar-refractivity contribution in [3.63, 3.8) is 0 Å². The standard InChI is InChI=1S/C11H20Si.2C4H10N.2Li/c1-7-8(2)10(4)11(9(7)3)12(5)6;2*1-4(2,3)5;;/h9,12H,1-6H3;2*5H,1-3H3;;/q;2*-1;2*+1. The fourth-order valence-corrected chi connectivity index (χ4v) is 4.66. The first-order valence-electron chi connectivity index (χ1n) is 8.35. The van der Waals surface area contributed by atoms with Gasteiger partial charge in [-0.3, -0.25) is 0 Å². The van der Waals surface area contributed by atoms with E-state index >= 15 is 0 Å². The van der Waals surface area contributed by atoms with E-state index in [9.17, 15) is 0 Å². The van der Waals surface area contributed by atoms with Gasteiger partial charge in [0.2, 0.25) is 0 Å². The summed E-state index contributed by atoms with van der Waals surface area (Å²) in [5.74, 6) is 0.747. The average molecular weight is 339 g/mol. The van der Waals surface area contributed by atoms with E-state index in [0.29, 0.717) is 0 Å². The van der Waals surface area contributed by atoms with E-state index < -0.39 is 8.80 Å². The van der Waals surface area contributed by atoms with Gasteiger partial charge in [0.25, 0.3) is 0 Å². The van der Waals surface area contributed by atoms with Crippen LogP contribution < -0.4 is 37.7 Å². The van der Waals surface area contributed by atoms with Crippen LogP contribution in [0.1, 0.15) is 69.2 Å². The van der Waals surface area contributed by atoms with Gasteiger partial charge in [-0.2, -0.15) is 0 Å². The molecule has 0 aromatic heterocycles. The molecule has 0 aliphatic heterocycles. The van der Waals surface area contributed by atoms with Crippen LogP contribution in [0.5, 0.6) is 0 Å². The zero-order chi connectivity index (χ0) is 18.5. The van der Waals surface area contributed by atoms with Crippen LogP contribution in [0.25, 0.3) is 11.5 Å². The Labute approximate surface area is 178 Å². The molecule has 0 saturated heterocycles. The van der Waals surface area contributed by atoms with Gasteiger partial charge in [-0.15, -0.1) is 11.1 Å². The smallest absolute Gasteiger partial charge is 0.673 e. The number of nitrogens with one attached hydrogen (secondary N) is 2. The van der Waals surface area contributed by atoms with Crippen molar-refractivity contribution < 1.29 is 37.7 Å². The Morgan fingerprint density at radius 1 is 0.750 bits per heavy atom. The molecule has 0 saturated carbocycles. The molecule has 132 valence electrons. The molecule has 1 atom stereocenters. The van der Waals surface area contributed by atoms with Crippen molar-refractivity contribution in [1.29, 1.82) is 0 Å². The third-order valence-corrected chi connectivity index (χ3v) is 5.50. The van der Waals surface area contributed by atoms with E-state index in [2.05, 4.69) is 40.8 Å². The van der Waals surface area contributed by atoms with Gasteiger partial charge in [0.15, 0.2) is 0 Å². The molecular weight excluding hydrogens is 298 g/mol. The molecule has 0 spiro atoms. The fraction of sp³-hybridized carbons (Fsp3) is 0.789. The minimum atomic E-state index is -0.578. The second-order valence-electron chi connectivity index (χ2n) is 8.76. The summed E-state index contributed by atoms with van der Waals surface area (Å²) in [7, 11) is -0.578. The van der Waals surface area contributed by atoms with Crippen molar-refractivity contribution in [2.75, 3.05) is 0 Å². The minimum Gasteiger partial charge on any atom is -0.673 e. The van der Waals surface area contributed by atoms with Crippen LogP contribution in [-0.4, -0.2) is 19.9 Å². The van der Waals surface area contributed by atoms with Crippen LogP contribution in [0, 0.1) is 5.92 Å². The summed E-state index contributed by atoms with van der Waals surface area (Å²) in [5.41, 5.74) is 18.1. The van der Waals surface area contributed by atoms with Gasteiger partial charge in [0.1, 0.15) is 0 Å². The third-order valence-electron chi connectivity index (χ3n) is 3.33. The maximum Gasteiger partial charge on any atom is 1.00 e. The second-order valence-corrected chi connectivity index (χ2v) is 11.7. The Bertz CT molecular complexity index is 390. The van der Waals surface area contributed by atoms with Gasteiger partial charge in [0.05, 0.1) is 8.80 Å². The number of hydrogen-bond donors (Lipinski definition) is 0. The monoisotopic (exact) mass is 338 g/mol. The van der Waals surface area contributed by atoms with Gasteiger partial charge in [-0.05, 0) is 32.3 Å². The average Bonchev–Trinajstić information content (AvgIpc) is 2.38. The Kier molecular flexibility index (Phi) is 17.7. The Morgan fingerprint density at radius 3 is 1.08 bits per heavy atom. The normalized spacial score (nSPS) is 17.4. The molecule has 1 aliphatic rings. The molecule has 0 heterocycles. The Balaban J connectivity index is -0.000000142. The molecule has 0 fully saturated rings. The number of allylic oxidation sites excluding steroid dienone is 4. The summed E-state index contributed by atoms with van der Waals surface area (Å²) in [5, 5.41) is 1.78. The van der Waals surface area contributed by atoms with E-state index in [1.807, 2.05) is 41.5 Å². The van der Waals surface area contributed by atoms with Crippen molar-refractivity contribution in [1.82, 2.24) is 0 Å². The van der Waals surface area contributed by atoms with Crippen molar-refractivity contribution in [2.45, 2.75) is 93.4 Å². The second kappa shape index (κ2) is 13.1. The zero-order valence-corrected chi connectivity index (χ0v) is 20.3. The van der Waals surface area contributed by atoms with Crippen LogP contribution in [0.3, 0.4) is 0 Å². The van der Waals surface area contributed by atoms with E-state index in [0.717, 1.165) is 5.92 Å². The first-order chi connectivity index (χ1) is 9.46. The third kappa shape index (κ3) is 17.6. The topological polar surface area (TPSA) is 47.6 Å². The summed E-state index contributed by atoms with van der Waals surface area (Å²) in [6.07, 6.45) is 0. The molecule has 0 amide bonds. The van der Waals surface area contributed by atoms with Crippen LogP contribution in [0.15, 0.2) is 21.9 Å². The van der Waals surface area contributed by atoms with E-state index in [1.54, 1.807) is 21.9 Å². The molecule has 0 aromatic rings. The zero-order valence-electron chi connectivity index (χ0n) is 19.2. The Hall–Kier alpha value is 0.812. The molecule has 1 rings (SSSR count). The van der Waals surface area contributed by atoms with Gasteiger partial charge >= 0.3 is 37.7 Å². The summed E-state index contributed by atoms with van der Waals surface area (Å²) in [6.45, 7) is 25.2.